The van der Waals surface area contributed by atoms with Crippen molar-refractivity contribution < 1.29 is 4.79 Å². The minimum atomic E-state index is -1.02. The van der Waals surface area contributed by atoms with E-state index in [1.54, 1.807) is 18.6 Å². The third-order valence-corrected chi connectivity index (χ3v) is 6.74. The van der Waals surface area contributed by atoms with E-state index >= 15 is 0 Å². The molecule has 34 heavy (non-hydrogen) atoms. The summed E-state index contributed by atoms with van der Waals surface area (Å²) in [4.78, 5) is 41.1. The van der Waals surface area contributed by atoms with Crippen molar-refractivity contribution in [2.45, 2.75) is 51.4 Å². The summed E-state index contributed by atoms with van der Waals surface area (Å²) in [7, 11) is 0. The van der Waals surface area contributed by atoms with Crippen molar-refractivity contribution in [2.75, 3.05) is 11.1 Å². The molecule has 1 aliphatic carbocycles. The number of aromatic nitrogens is 7. The summed E-state index contributed by atoms with van der Waals surface area (Å²) < 4.78 is 1.93. The Bertz CT molecular complexity index is 1420. The molecule has 172 valence electrons. The molecule has 6 rings (SSSR count). The predicted octanol–water partition coefficient (Wildman–Crippen LogP) is 2.86. The van der Waals surface area contributed by atoms with Gasteiger partial charge < -0.3 is 15.5 Å². The highest BCUT2D eigenvalue weighted by Crippen LogP contribution is 2.57. The van der Waals surface area contributed by atoms with E-state index in [-0.39, 0.29) is 17.6 Å². The maximum atomic E-state index is 13.5. The van der Waals surface area contributed by atoms with Gasteiger partial charge in [0.2, 0.25) is 5.91 Å². The van der Waals surface area contributed by atoms with Crippen molar-refractivity contribution in [1.82, 2.24) is 34.3 Å². The SMILES string of the molecule is CCCCc1nc(-c2nc(N)c3c(n2)NC(=O)C3(c2cnc(C)cn2)C2CC2)cn2ccnc12. The molecule has 10 heteroatoms. The van der Waals surface area contributed by atoms with E-state index in [4.69, 9.17) is 15.7 Å². The smallest absolute Gasteiger partial charge is 0.242 e. The third kappa shape index (κ3) is 2.98. The fourth-order valence-corrected chi connectivity index (χ4v) is 4.96. The zero-order chi connectivity index (χ0) is 23.4. The second kappa shape index (κ2) is 7.54. The van der Waals surface area contributed by atoms with Gasteiger partial charge in [-0.05, 0) is 38.5 Å². The lowest BCUT2D eigenvalue weighted by atomic mass is 9.74. The van der Waals surface area contributed by atoms with Crippen LogP contribution in [-0.4, -0.2) is 40.2 Å². The van der Waals surface area contributed by atoms with Crippen LogP contribution in [0.25, 0.3) is 17.2 Å². The molecule has 4 aromatic rings. The average molecular weight is 456 g/mol. The van der Waals surface area contributed by atoms with Crippen LogP contribution in [0.3, 0.4) is 0 Å². The molecule has 1 fully saturated rings. The van der Waals surface area contributed by atoms with Crippen LogP contribution in [-0.2, 0) is 16.6 Å². The van der Waals surface area contributed by atoms with Gasteiger partial charge in [-0.2, -0.15) is 0 Å². The Labute approximate surface area is 196 Å². The van der Waals surface area contributed by atoms with Crippen molar-refractivity contribution in [2.24, 2.45) is 5.92 Å². The van der Waals surface area contributed by atoms with E-state index < -0.39 is 5.41 Å². The molecular formula is C24H25N9O. The van der Waals surface area contributed by atoms with E-state index in [1.807, 2.05) is 23.7 Å². The van der Waals surface area contributed by atoms with Crippen LogP contribution in [0.4, 0.5) is 11.6 Å². The molecule has 0 aromatic carbocycles. The number of aryl methyl sites for hydroxylation is 2. The lowest BCUT2D eigenvalue weighted by Crippen LogP contribution is -2.39. The topological polar surface area (TPSA) is 137 Å². The quantitative estimate of drug-likeness (QED) is 0.453. The van der Waals surface area contributed by atoms with Gasteiger partial charge in [-0.1, -0.05) is 13.3 Å². The number of fused-ring (bicyclic) bond motifs is 2. The van der Waals surface area contributed by atoms with Crippen LogP contribution in [0.15, 0.2) is 31.0 Å². The van der Waals surface area contributed by atoms with Crippen LogP contribution in [0.2, 0.25) is 0 Å². The fourth-order valence-electron chi connectivity index (χ4n) is 4.96. The van der Waals surface area contributed by atoms with Gasteiger partial charge in [-0.15, -0.1) is 0 Å². The van der Waals surface area contributed by atoms with E-state index in [0.717, 1.165) is 49.1 Å². The van der Waals surface area contributed by atoms with Gasteiger partial charge in [0.05, 0.1) is 28.8 Å². The molecule has 3 N–H and O–H groups in total. The number of imidazole rings is 1. The zero-order valence-corrected chi connectivity index (χ0v) is 19.1. The Hall–Kier alpha value is -3.95. The van der Waals surface area contributed by atoms with Gasteiger partial charge in [0.25, 0.3) is 0 Å². The number of nitrogens with zero attached hydrogens (tertiary/aromatic N) is 7. The Morgan fingerprint density at radius 2 is 2.03 bits per heavy atom. The monoisotopic (exact) mass is 455 g/mol. The highest BCUT2D eigenvalue weighted by Gasteiger charge is 2.60. The van der Waals surface area contributed by atoms with Gasteiger partial charge >= 0.3 is 0 Å². The number of nitrogens with two attached hydrogens (primary N) is 1. The first-order chi connectivity index (χ1) is 16.5. The van der Waals surface area contributed by atoms with Crippen molar-refractivity contribution in [3.8, 4) is 11.5 Å². The zero-order valence-electron chi connectivity index (χ0n) is 19.1. The minimum Gasteiger partial charge on any atom is -0.383 e. The van der Waals surface area contributed by atoms with Gasteiger partial charge in [0.1, 0.15) is 22.7 Å². The van der Waals surface area contributed by atoms with Crippen molar-refractivity contribution in [3.63, 3.8) is 0 Å². The van der Waals surface area contributed by atoms with E-state index in [0.29, 0.717) is 28.6 Å². The summed E-state index contributed by atoms with van der Waals surface area (Å²) in [5.74, 6) is 0.956. The number of hydrogen-bond acceptors (Lipinski definition) is 8. The number of nitrogen functional groups attached to an aromatic ring is 1. The molecule has 0 spiro atoms. The van der Waals surface area contributed by atoms with Crippen LogP contribution in [0, 0.1) is 12.8 Å². The number of hydrogen-bond donors (Lipinski definition) is 2. The van der Waals surface area contributed by atoms with E-state index in [2.05, 4.69) is 32.2 Å². The molecule has 1 amide bonds. The number of nitrogens with one attached hydrogen (secondary N) is 1. The normalized spacial score (nSPS) is 19.4. The van der Waals surface area contributed by atoms with Crippen molar-refractivity contribution in [1.29, 1.82) is 0 Å². The molecule has 0 saturated heterocycles. The highest BCUT2D eigenvalue weighted by atomic mass is 16.2. The molecule has 0 radical (unpaired) electrons. The lowest BCUT2D eigenvalue weighted by Gasteiger charge is -2.27. The molecule has 1 unspecified atom stereocenters. The first-order valence-electron chi connectivity index (χ1n) is 11.6. The summed E-state index contributed by atoms with van der Waals surface area (Å²) in [6.07, 6.45) is 13.5. The molecular weight excluding hydrogens is 430 g/mol. The van der Waals surface area contributed by atoms with E-state index in [9.17, 15) is 4.79 Å². The predicted molar refractivity (Wildman–Crippen MR) is 126 cm³/mol. The summed E-state index contributed by atoms with van der Waals surface area (Å²) in [5, 5.41) is 2.97. The average Bonchev–Trinajstić information content (AvgIpc) is 3.48. The van der Waals surface area contributed by atoms with Crippen LogP contribution < -0.4 is 11.1 Å². The molecule has 0 bridgehead atoms. The number of carbonyl (C=O) groups is 1. The van der Waals surface area contributed by atoms with Crippen LogP contribution in [0.1, 0.15) is 55.3 Å². The standard InChI is InChI=1S/C24H25N9O/c1-3-4-5-15-22-26-8-9-33(22)12-16(29-15)20-30-19(25)18-21(31-20)32-23(34)24(18,14-6-7-14)17-11-27-13(2)10-28-17/h8-12,14H,3-7H2,1-2H3,(H3,25,30,31,32,34). The first kappa shape index (κ1) is 20.6. The fraction of sp³-hybridized carbons (Fsp3) is 0.375. The van der Waals surface area contributed by atoms with Crippen molar-refractivity contribution >= 4 is 23.2 Å². The minimum absolute atomic E-state index is 0.0866. The summed E-state index contributed by atoms with van der Waals surface area (Å²) in [6, 6.07) is 0. The number of anilines is 2. The Morgan fingerprint density at radius 1 is 1.18 bits per heavy atom. The maximum absolute atomic E-state index is 13.5. The molecule has 10 nitrogen and oxygen atoms in total. The summed E-state index contributed by atoms with van der Waals surface area (Å²) in [6.45, 7) is 4.01. The molecule has 1 atom stereocenters. The Kier molecular flexibility index (Phi) is 4.58. The third-order valence-electron chi connectivity index (χ3n) is 6.74. The molecule has 2 aliphatic rings. The molecule has 4 aromatic heterocycles. The van der Waals surface area contributed by atoms with Gasteiger partial charge in [-0.3, -0.25) is 14.8 Å². The van der Waals surface area contributed by atoms with Gasteiger partial charge in [0, 0.05) is 24.8 Å². The lowest BCUT2D eigenvalue weighted by molar-refractivity contribution is -0.120. The number of amides is 1. The molecule has 1 saturated carbocycles. The molecule has 5 heterocycles. The summed E-state index contributed by atoms with van der Waals surface area (Å²) >= 11 is 0. The van der Waals surface area contributed by atoms with Crippen LogP contribution in [0.5, 0.6) is 0 Å². The maximum Gasteiger partial charge on any atom is 0.242 e. The summed E-state index contributed by atoms with van der Waals surface area (Å²) in [5.41, 5.74) is 9.79. The number of rotatable bonds is 6. The highest BCUT2D eigenvalue weighted by molar-refractivity contribution is 6.09. The largest absolute Gasteiger partial charge is 0.383 e. The van der Waals surface area contributed by atoms with E-state index in [1.165, 1.54) is 0 Å². The van der Waals surface area contributed by atoms with Gasteiger partial charge in [-0.25, -0.2) is 19.9 Å². The van der Waals surface area contributed by atoms with Crippen molar-refractivity contribution in [3.05, 3.63) is 53.6 Å². The van der Waals surface area contributed by atoms with Gasteiger partial charge in [0.15, 0.2) is 11.5 Å². The number of carbonyl (C=O) groups excluding carboxylic acids is 1. The second-order valence-corrected chi connectivity index (χ2v) is 9.07. The first-order valence-corrected chi connectivity index (χ1v) is 11.6. The van der Waals surface area contributed by atoms with Crippen LogP contribution >= 0.6 is 0 Å². The second-order valence-electron chi connectivity index (χ2n) is 9.07. The Balaban J connectivity index is 1.50. The Morgan fingerprint density at radius 3 is 2.76 bits per heavy atom. The molecule has 1 aliphatic heterocycles. The number of unbranched alkanes of at least 4 members (excludes halogenated alkanes) is 1.